The number of aryl methyl sites for hydroxylation is 1. The maximum Gasteiger partial charge on any atom is 0.264 e. The molecule has 1 aliphatic rings. The fraction of sp³-hybridized carbons (Fsp3) is 0.294. The summed E-state index contributed by atoms with van der Waals surface area (Å²) in [6.07, 6.45) is 0. The SMILES string of the molecule is Cc1ccc(C(=O)N2CCN(C(=O)c3ccc(O)c(Cl)c3)CC2)s1. The Morgan fingerprint density at radius 2 is 1.67 bits per heavy atom. The molecule has 2 amide bonds. The van der Waals surface area contributed by atoms with Crippen LogP contribution in [0.5, 0.6) is 5.75 Å². The molecule has 1 aliphatic heterocycles. The van der Waals surface area contributed by atoms with E-state index in [2.05, 4.69) is 0 Å². The molecule has 0 bridgehead atoms. The van der Waals surface area contributed by atoms with Crippen molar-refractivity contribution in [3.63, 3.8) is 0 Å². The van der Waals surface area contributed by atoms with Crippen molar-refractivity contribution >= 4 is 34.8 Å². The average molecular weight is 365 g/mol. The Morgan fingerprint density at radius 3 is 2.21 bits per heavy atom. The van der Waals surface area contributed by atoms with Crippen LogP contribution in [0.2, 0.25) is 5.02 Å². The Hall–Kier alpha value is -2.05. The lowest BCUT2D eigenvalue weighted by Crippen LogP contribution is -2.50. The molecule has 0 radical (unpaired) electrons. The topological polar surface area (TPSA) is 60.9 Å². The summed E-state index contributed by atoms with van der Waals surface area (Å²) in [7, 11) is 0. The fourth-order valence-electron chi connectivity index (χ4n) is 2.64. The van der Waals surface area contributed by atoms with Gasteiger partial charge >= 0.3 is 0 Å². The molecule has 1 N–H and O–H groups in total. The van der Waals surface area contributed by atoms with Crippen LogP contribution in [0.3, 0.4) is 0 Å². The highest BCUT2D eigenvalue weighted by atomic mass is 35.5. The van der Waals surface area contributed by atoms with Gasteiger partial charge in [0, 0.05) is 36.6 Å². The molecule has 0 spiro atoms. The fourth-order valence-corrected chi connectivity index (χ4v) is 3.66. The van der Waals surface area contributed by atoms with Gasteiger partial charge in [-0.1, -0.05) is 11.6 Å². The van der Waals surface area contributed by atoms with Crippen molar-refractivity contribution in [2.24, 2.45) is 0 Å². The number of piperazine rings is 1. The van der Waals surface area contributed by atoms with Crippen LogP contribution in [0.15, 0.2) is 30.3 Å². The molecular formula is C17H17ClN2O3S. The first kappa shape index (κ1) is 16.8. The first-order valence-corrected chi connectivity index (χ1v) is 8.78. The monoisotopic (exact) mass is 364 g/mol. The predicted molar refractivity (Wildman–Crippen MR) is 94.0 cm³/mol. The second-order valence-electron chi connectivity index (χ2n) is 5.66. The third-order valence-corrected chi connectivity index (χ3v) is 5.29. The highest BCUT2D eigenvalue weighted by Crippen LogP contribution is 2.25. The molecule has 1 aromatic carbocycles. The number of thiophene rings is 1. The van der Waals surface area contributed by atoms with Gasteiger partial charge in [0.15, 0.2) is 0 Å². The zero-order valence-corrected chi connectivity index (χ0v) is 14.7. The van der Waals surface area contributed by atoms with Gasteiger partial charge in [0.05, 0.1) is 9.90 Å². The predicted octanol–water partition coefficient (Wildman–Crippen LogP) is 3.01. The number of rotatable bonds is 2. The van der Waals surface area contributed by atoms with Crippen LogP contribution in [0.4, 0.5) is 0 Å². The number of carbonyl (C=O) groups is 2. The molecule has 0 saturated carbocycles. The van der Waals surface area contributed by atoms with Crippen LogP contribution in [0.25, 0.3) is 0 Å². The van der Waals surface area contributed by atoms with Gasteiger partial charge in [-0.25, -0.2) is 0 Å². The van der Waals surface area contributed by atoms with E-state index in [0.29, 0.717) is 31.7 Å². The largest absolute Gasteiger partial charge is 0.506 e. The van der Waals surface area contributed by atoms with Gasteiger partial charge in [0.25, 0.3) is 11.8 Å². The summed E-state index contributed by atoms with van der Waals surface area (Å²) in [5.41, 5.74) is 0.437. The minimum Gasteiger partial charge on any atom is -0.506 e. The molecular weight excluding hydrogens is 348 g/mol. The van der Waals surface area contributed by atoms with Gasteiger partial charge in [-0.05, 0) is 37.3 Å². The maximum atomic E-state index is 12.5. The van der Waals surface area contributed by atoms with Crippen LogP contribution in [-0.4, -0.2) is 52.9 Å². The molecule has 0 aliphatic carbocycles. The Kier molecular flexibility index (Phi) is 4.78. The molecule has 126 valence electrons. The second kappa shape index (κ2) is 6.83. The molecule has 1 fully saturated rings. The number of halogens is 1. The van der Waals surface area contributed by atoms with Crippen LogP contribution < -0.4 is 0 Å². The maximum absolute atomic E-state index is 12.5. The normalized spacial score (nSPS) is 14.8. The third kappa shape index (κ3) is 3.39. The molecule has 2 heterocycles. The van der Waals surface area contributed by atoms with E-state index < -0.39 is 0 Å². The number of amides is 2. The lowest BCUT2D eigenvalue weighted by molar-refractivity contribution is 0.0538. The highest BCUT2D eigenvalue weighted by Gasteiger charge is 2.26. The van der Waals surface area contributed by atoms with Gasteiger partial charge < -0.3 is 14.9 Å². The van der Waals surface area contributed by atoms with Gasteiger partial charge in [0.1, 0.15) is 5.75 Å². The van der Waals surface area contributed by atoms with Gasteiger partial charge in [-0.15, -0.1) is 11.3 Å². The summed E-state index contributed by atoms with van der Waals surface area (Å²) >= 11 is 7.35. The van der Waals surface area contributed by atoms with E-state index in [4.69, 9.17) is 11.6 Å². The minimum atomic E-state index is -0.143. The number of benzene rings is 1. The number of aromatic hydroxyl groups is 1. The molecule has 0 unspecified atom stereocenters. The number of carbonyl (C=O) groups excluding carboxylic acids is 2. The van der Waals surface area contributed by atoms with Crippen molar-refractivity contribution in [2.45, 2.75) is 6.92 Å². The van der Waals surface area contributed by atoms with E-state index >= 15 is 0 Å². The van der Waals surface area contributed by atoms with Crippen molar-refractivity contribution in [2.75, 3.05) is 26.2 Å². The summed E-state index contributed by atoms with van der Waals surface area (Å²) < 4.78 is 0. The standard InChI is InChI=1S/C17H17ClN2O3S/c1-11-2-5-15(24-11)17(23)20-8-6-19(7-9-20)16(22)12-3-4-14(21)13(18)10-12/h2-5,10,21H,6-9H2,1H3. The first-order valence-electron chi connectivity index (χ1n) is 7.59. The van der Waals surface area contributed by atoms with Crippen molar-refractivity contribution in [3.8, 4) is 5.75 Å². The minimum absolute atomic E-state index is 0.0212. The summed E-state index contributed by atoms with van der Waals surface area (Å²) in [4.78, 5) is 30.2. The van der Waals surface area contributed by atoms with Gasteiger partial charge in [-0.3, -0.25) is 9.59 Å². The Bertz CT molecular complexity index is 782. The quantitative estimate of drug-likeness (QED) is 0.891. The zero-order chi connectivity index (χ0) is 17.3. The number of phenolic OH excluding ortho intramolecular Hbond substituents is 1. The van der Waals surface area contributed by atoms with Crippen LogP contribution in [-0.2, 0) is 0 Å². The van der Waals surface area contributed by atoms with Gasteiger partial charge in [-0.2, -0.15) is 0 Å². The number of hydrogen-bond acceptors (Lipinski definition) is 4. The average Bonchev–Trinajstić information content (AvgIpc) is 3.02. The lowest BCUT2D eigenvalue weighted by atomic mass is 10.1. The van der Waals surface area contributed by atoms with Crippen molar-refractivity contribution < 1.29 is 14.7 Å². The van der Waals surface area contributed by atoms with E-state index in [9.17, 15) is 14.7 Å². The molecule has 2 aromatic rings. The molecule has 1 saturated heterocycles. The van der Waals surface area contributed by atoms with E-state index in [1.54, 1.807) is 15.9 Å². The number of nitrogens with zero attached hydrogens (tertiary/aromatic N) is 2. The van der Waals surface area contributed by atoms with Crippen molar-refractivity contribution in [1.29, 1.82) is 0 Å². The van der Waals surface area contributed by atoms with E-state index in [1.807, 2.05) is 19.1 Å². The molecule has 3 rings (SSSR count). The summed E-state index contributed by atoms with van der Waals surface area (Å²) in [5, 5.41) is 9.60. The smallest absolute Gasteiger partial charge is 0.264 e. The van der Waals surface area contributed by atoms with E-state index in [0.717, 1.165) is 9.75 Å². The zero-order valence-electron chi connectivity index (χ0n) is 13.2. The summed E-state index contributed by atoms with van der Waals surface area (Å²) in [5.74, 6) is -0.168. The first-order chi connectivity index (χ1) is 11.5. The van der Waals surface area contributed by atoms with E-state index in [1.165, 1.54) is 23.5 Å². The van der Waals surface area contributed by atoms with Crippen LogP contribution in [0, 0.1) is 6.92 Å². The Morgan fingerprint density at radius 1 is 1.04 bits per heavy atom. The molecule has 1 aromatic heterocycles. The van der Waals surface area contributed by atoms with Crippen LogP contribution >= 0.6 is 22.9 Å². The van der Waals surface area contributed by atoms with Crippen LogP contribution in [0.1, 0.15) is 24.9 Å². The van der Waals surface area contributed by atoms with Crippen molar-refractivity contribution in [3.05, 3.63) is 50.7 Å². The molecule has 0 atom stereocenters. The molecule has 7 heteroatoms. The van der Waals surface area contributed by atoms with Crippen molar-refractivity contribution in [1.82, 2.24) is 9.80 Å². The Balaban J connectivity index is 1.63. The van der Waals surface area contributed by atoms with Gasteiger partial charge in [0.2, 0.25) is 0 Å². The highest BCUT2D eigenvalue weighted by molar-refractivity contribution is 7.13. The number of hydrogen-bond donors (Lipinski definition) is 1. The Labute approximate surface area is 149 Å². The summed E-state index contributed by atoms with van der Waals surface area (Å²) in [6.45, 7) is 3.95. The second-order valence-corrected chi connectivity index (χ2v) is 7.36. The van der Waals surface area contributed by atoms with E-state index in [-0.39, 0.29) is 22.6 Å². The lowest BCUT2D eigenvalue weighted by Gasteiger charge is -2.34. The third-order valence-electron chi connectivity index (χ3n) is 4.00. The summed E-state index contributed by atoms with van der Waals surface area (Å²) in [6, 6.07) is 8.21. The molecule has 5 nitrogen and oxygen atoms in total. The molecule has 24 heavy (non-hydrogen) atoms. The number of phenols is 1.